The number of fused-ring (bicyclic) bond motifs is 1. The topological polar surface area (TPSA) is 82.2 Å². The van der Waals surface area contributed by atoms with Gasteiger partial charge in [-0.15, -0.1) is 0 Å². The Morgan fingerprint density at radius 2 is 1.86 bits per heavy atom. The number of imide groups is 1. The van der Waals surface area contributed by atoms with E-state index in [0.29, 0.717) is 30.8 Å². The number of carbonyl (C=O) groups excluding carboxylic acids is 3. The summed E-state index contributed by atoms with van der Waals surface area (Å²) in [5.74, 6) is -0.645. The third kappa shape index (κ3) is 4.80. The third-order valence-electron chi connectivity index (χ3n) is 7.42. The van der Waals surface area contributed by atoms with Crippen LogP contribution >= 0.6 is 0 Å². The van der Waals surface area contributed by atoms with Crippen molar-refractivity contribution in [3.63, 3.8) is 0 Å². The Morgan fingerprint density at radius 3 is 2.61 bits per heavy atom. The highest BCUT2D eigenvalue weighted by Gasteiger charge is 2.39. The van der Waals surface area contributed by atoms with Crippen molar-refractivity contribution in [3.8, 4) is 5.75 Å². The molecule has 5 rings (SSSR count). The van der Waals surface area contributed by atoms with Gasteiger partial charge < -0.3 is 14.5 Å². The molecule has 1 unspecified atom stereocenters. The quantitative estimate of drug-likeness (QED) is 0.596. The molecule has 36 heavy (non-hydrogen) atoms. The molecule has 0 aliphatic carbocycles. The lowest BCUT2D eigenvalue weighted by Gasteiger charge is -2.36. The van der Waals surface area contributed by atoms with E-state index < -0.39 is 17.8 Å². The fourth-order valence-corrected chi connectivity index (χ4v) is 5.43. The molecule has 3 aliphatic rings. The lowest BCUT2D eigenvalue weighted by Crippen LogP contribution is -2.52. The molecular formula is C27H31FN4O4. The summed E-state index contributed by atoms with van der Waals surface area (Å²) in [4.78, 5) is 42.5. The minimum atomic E-state index is -0.700. The Hall–Kier alpha value is -3.46. The van der Waals surface area contributed by atoms with Crippen LogP contribution in [-0.2, 0) is 22.6 Å². The number of nitrogens with zero attached hydrogens (tertiary/aromatic N) is 3. The fourth-order valence-electron chi connectivity index (χ4n) is 5.43. The summed E-state index contributed by atoms with van der Waals surface area (Å²) in [5, 5.41) is 2.30. The molecule has 1 N–H and O–H groups in total. The summed E-state index contributed by atoms with van der Waals surface area (Å²) in [6, 6.07) is 10.4. The monoisotopic (exact) mass is 494 g/mol. The van der Waals surface area contributed by atoms with Crippen LogP contribution in [0.2, 0.25) is 0 Å². The first kappa shape index (κ1) is 24.2. The van der Waals surface area contributed by atoms with Crippen molar-refractivity contribution in [1.29, 1.82) is 0 Å². The van der Waals surface area contributed by atoms with E-state index in [2.05, 4.69) is 16.3 Å². The molecular weight excluding hydrogens is 463 g/mol. The van der Waals surface area contributed by atoms with Crippen LogP contribution in [0.5, 0.6) is 5.75 Å². The lowest BCUT2D eigenvalue weighted by molar-refractivity contribution is -0.136. The van der Waals surface area contributed by atoms with E-state index >= 15 is 4.39 Å². The number of halogens is 1. The predicted octanol–water partition coefficient (Wildman–Crippen LogP) is 2.35. The highest BCUT2D eigenvalue weighted by molar-refractivity contribution is 6.05. The van der Waals surface area contributed by atoms with Gasteiger partial charge in [0.15, 0.2) is 0 Å². The second-order valence-corrected chi connectivity index (χ2v) is 9.60. The fraction of sp³-hybridized carbons (Fsp3) is 0.444. The average molecular weight is 495 g/mol. The Balaban J connectivity index is 1.18. The molecule has 8 nitrogen and oxygen atoms in total. The van der Waals surface area contributed by atoms with Gasteiger partial charge in [-0.2, -0.15) is 0 Å². The van der Waals surface area contributed by atoms with Gasteiger partial charge in [-0.1, -0.05) is 18.2 Å². The van der Waals surface area contributed by atoms with Crippen LogP contribution in [0, 0.1) is 5.82 Å². The Bertz CT molecular complexity index is 1180. The van der Waals surface area contributed by atoms with Crippen LogP contribution in [0.25, 0.3) is 0 Å². The van der Waals surface area contributed by atoms with E-state index in [1.807, 2.05) is 23.1 Å². The zero-order chi connectivity index (χ0) is 25.2. The van der Waals surface area contributed by atoms with Crippen molar-refractivity contribution < 1.29 is 23.5 Å². The molecule has 190 valence electrons. The van der Waals surface area contributed by atoms with E-state index in [-0.39, 0.29) is 24.8 Å². The molecule has 3 aliphatic heterocycles. The molecule has 2 saturated heterocycles. The number of nitrogens with one attached hydrogen (secondary N) is 1. The van der Waals surface area contributed by atoms with Gasteiger partial charge in [0.2, 0.25) is 11.8 Å². The lowest BCUT2D eigenvalue weighted by atomic mass is 10.0. The number of carbonyl (C=O) groups is 3. The molecule has 3 heterocycles. The normalized spacial score (nSPS) is 20.5. The van der Waals surface area contributed by atoms with Gasteiger partial charge in [0, 0.05) is 44.7 Å². The molecule has 2 aromatic carbocycles. The van der Waals surface area contributed by atoms with Gasteiger partial charge in [0.25, 0.3) is 5.91 Å². The highest BCUT2D eigenvalue weighted by Crippen LogP contribution is 2.33. The molecule has 0 bridgehead atoms. The first-order chi connectivity index (χ1) is 17.4. The van der Waals surface area contributed by atoms with Crippen molar-refractivity contribution in [2.24, 2.45) is 0 Å². The summed E-state index contributed by atoms with van der Waals surface area (Å²) in [6.07, 6.45) is 2.45. The van der Waals surface area contributed by atoms with Crippen LogP contribution in [0.3, 0.4) is 0 Å². The minimum Gasteiger partial charge on any atom is -0.496 e. The van der Waals surface area contributed by atoms with Gasteiger partial charge in [-0.25, -0.2) is 4.39 Å². The van der Waals surface area contributed by atoms with E-state index in [1.54, 1.807) is 13.2 Å². The molecule has 1 atom stereocenters. The Kier molecular flexibility index (Phi) is 6.91. The number of para-hydroxylation sites is 1. The molecule has 3 amide bonds. The zero-order valence-electron chi connectivity index (χ0n) is 20.5. The summed E-state index contributed by atoms with van der Waals surface area (Å²) >= 11 is 0. The second-order valence-electron chi connectivity index (χ2n) is 9.60. The smallest absolute Gasteiger partial charge is 0.255 e. The van der Waals surface area contributed by atoms with Crippen LogP contribution in [0.1, 0.15) is 40.7 Å². The van der Waals surface area contributed by atoms with Crippen molar-refractivity contribution in [3.05, 3.63) is 58.9 Å². The number of anilines is 1. The average Bonchev–Trinajstić information content (AvgIpc) is 3.19. The number of rotatable bonds is 7. The number of ether oxygens (including phenoxy) is 1. The molecule has 0 aromatic heterocycles. The van der Waals surface area contributed by atoms with Crippen LogP contribution in [-0.4, -0.2) is 73.4 Å². The summed E-state index contributed by atoms with van der Waals surface area (Å²) < 4.78 is 20.5. The van der Waals surface area contributed by atoms with E-state index in [0.717, 1.165) is 43.8 Å². The summed E-state index contributed by atoms with van der Waals surface area (Å²) in [7, 11) is 1.69. The van der Waals surface area contributed by atoms with Crippen LogP contribution < -0.4 is 15.0 Å². The van der Waals surface area contributed by atoms with E-state index in [4.69, 9.17) is 4.74 Å². The second kappa shape index (κ2) is 10.3. The van der Waals surface area contributed by atoms with Gasteiger partial charge >= 0.3 is 0 Å². The number of hydrogen-bond donors (Lipinski definition) is 1. The zero-order valence-corrected chi connectivity index (χ0v) is 20.5. The molecule has 0 saturated carbocycles. The third-order valence-corrected chi connectivity index (χ3v) is 7.42. The number of hydrogen-bond acceptors (Lipinski definition) is 6. The van der Waals surface area contributed by atoms with Crippen molar-refractivity contribution in [1.82, 2.24) is 15.1 Å². The SMILES string of the molecule is COc1ccccc1CCCN1CCN(c2cc3c(cc2F)C(=O)N(C2CCC(=O)NC2=O)C3)CC1. The molecule has 2 fully saturated rings. The molecule has 0 spiro atoms. The number of piperidine rings is 1. The molecule has 9 heteroatoms. The summed E-state index contributed by atoms with van der Waals surface area (Å²) in [5.41, 5.74) is 2.73. The Morgan fingerprint density at radius 1 is 1.08 bits per heavy atom. The number of piperazine rings is 1. The Labute approximate surface area is 210 Å². The van der Waals surface area contributed by atoms with Crippen LogP contribution in [0.4, 0.5) is 10.1 Å². The maximum absolute atomic E-state index is 15.1. The van der Waals surface area contributed by atoms with Crippen molar-refractivity contribution in [2.75, 3.05) is 44.7 Å². The van der Waals surface area contributed by atoms with Crippen molar-refractivity contribution in [2.45, 2.75) is 38.3 Å². The maximum atomic E-state index is 15.1. The van der Waals surface area contributed by atoms with Crippen molar-refractivity contribution >= 4 is 23.4 Å². The first-order valence-electron chi connectivity index (χ1n) is 12.5. The first-order valence-corrected chi connectivity index (χ1v) is 12.5. The maximum Gasteiger partial charge on any atom is 0.255 e. The largest absolute Gasteiger partial charge is 0.496 e. The van der Waals surface area contributed by atoms with E-state index in [1.165, 1.54) is 16.5 Å². The molecule has 0 radical (unpaired) electrons. The highest BCUT2D eigenvalue weighted by atomic mass is 19.1. The van der Waals surface area contributed by atoms with E-state index in [9.17, 15) is 14.4 Å². The van der Waals surface area contributed by atoms with Gasteiger partial charge in [0.05, 0.1) is 12.8 Å². The van der Waals surface area contributed by atoms with Gasteiger partial charge in [0.1, 0.15) is 17.6 Å². The number of methoxy groups -OCH3 is 1. The number of benzene rings is 2. The van der Waals surface area contributed by atoms with Gasteiger partial charge in [-0.3, -0.25) is 24.6 Å². The van der Waals surface area contributed by atoms with Crippen LogP contribution in [0.15, 0.2) is 36.4 Å². The standard InChI is InChI=1S/C27H31FN4O4/c1-36-24-7-3-2-5-18(24)6-4-10-30-11-13-31(14-12-30)23-15-19-17-32(27(35)20(19)16-21(23)28)22-8-9-25(33)29-26(22)34/h2-3,5,7,15-16,22H,4,6,8-14,17H2,1H3,(H,29,33,34). The predicted molar refractivity (Wildman–Crippen MR) is 132 cm³/mol. The minimum absolute atomic E-state index is 0.194. The molecule has 2 aromatic rings. The number of amides is 3. The summed E-state index contributed by atoms with van der Waals surface area (Å²) in [6.45, 7) is 4.29. The van der Waals surface area contributed by atoms with Gasteiger partial charge in [-0.05, 0) is 55.1 Å². The number of aryl methyl sites for hydroxylation is 1.